The third kappa shape index (κ3) is 3.14. The van der Waals surface area contributed by atoms with Crippen molar-refractivity contribution < 1.29 is 0 Å². The molecular formula is C12H13N3. The molecule has 0 aliphatic carbocycles. The van der Waals surface area contributed by atoms with Gasteiger partial charge in [-0.25, -0.2) is 0 Å². The highest BCUT2D eigenvalue weighted by Gasteiger charge is 1.93. The van der Waals surface area contributed by atoms with E-state index in [0.29, 0.717) is 0 Å². The molecule has 2 rings (SSSR count). The van der Waals surface area contributed by atoms with Gasteiger partial charge >= 0.3 is 0 Å². The molecule has 1 N–H and O–H groups in total. The van der Waals surface area contributed by atoms with Crippen molar-refractivity contribution >= 4 is 0 Å². The molecule has 15 heavy (non-hydrogen) atoms. The zero-order valence-corrected chi connectivity index (χ0v) is 8.43. The Balaban J connectivity index is 1.81. The van der Waals surface area contributed by atoms with Crippen molar-refractivity contribution in [3.8, 4) is 0 Å². The number of nitrogens with one attached hydrogen (secondary N) is 1. The van der Waals surface area contributed by atoms with Crippen LogP contribution in [0.1, 0.15) is 11.3 Å². The van der Waals surface area contributed by atoms with Crippen LogP contribution in [0.3, 0.4) is 0 Å². The first-order valence-corrected chi connectivity index (χ1v) is 4.96. The quantitative estimate of drug-likeness (QED) is 0.815. The van der Waals surface area contributed by atoms with Gasteiger partial charge in [0.2, 0.25) is 0 Å². The Hall–Kier alpha value is -1.74. The lowest BCUT2D eigenvalue weighted by molar-refractivity contribution is 0.670. The fraction of sp³-hybridized carbons (Fsp3) is 0.167. The van der Waals surface area contributed by atoms with Crippen LogP contribution in [-0.4, -0.2) is 10.2 Å². The van der Waals surface area contributed by atoms with Gasteiger partial charge in [-0.1, -0.05) is 30.3 Å². The Kier molecular flexibility index (Phi) is 3.41. The van der Waals surface area contributed by atoms with Crippen LogP contribution in [0.5, 0.6) is 0 Å². The second-order valence-corrected chi connectivity index (χ2v) is 3.30. The van der Waals surface area contributed by atoms with E-state index in [9.17, 15) is 0 Å². The molecule has 3 heteroatoms. The number of rotatable bonds is 4. The van der Waals surface area contributed by atoms with Crippen LogP contribution in [0, 0.1) is 0 Å². The van der Waals surface area contributed by atoms with Gasteiger partial charge in [0.25, 0.3) is 0 Å². The Bertz CT molecular complexity index is 347. The minimum atomic E-state index is 0.753. The Morgan fingerprint density at radius 2 is 1.80 bits per heavy atom. The minimum Gasteiger partial charge on any atom is -0.307 e. The van der Waals surface area contributed by atoms with E-state index in [1.165, 1.54) is 5.56 Å². The molecule has 0 saturated carbocycles. The smallest absolute Gasteiger partial charge is 0.0769 e. The average molecular weight is 199 g/mol. The highest BCUT2D eigenvalue weighted by atomic mass is 15.1. The maximum atomic E-state index is 4.00. The normalized spacial score (nSPS) is 10.1. The summed E-state index contributed by atoms with van der Waals surface area (Å²) in [5.74, 6) is 0. The topological polar surface area (TPSA) is 37.8 Å². The minimum absolute atomic E-state index is 0.753. The Morgan fingerprint density at radius 3 is 2.53 bits per heavy atom. The lowest BCUT2D eigenvalue weighted by Gasteiger charge is -2.03. The van der Waals surface area contributed by atoms with Crippen molar-refractivity contribution in [2.24, 2.45) is 0 Å². The van der Waals surface area contributed by atoms with Gasteiger partial charge < -0.3 is 5.32 Å². The van der Waals surface area contributed by atoms with Crippen molar-refractivity contribution in [2.45, 2.75) is 13.1 Å². The molecule has 0 saturated heterocycles. The van der Waals surface area contributed by atoms with Gasteiger partial charge in [-0.3, -0.25) is 0 Å². The van der Waals surface area contributed by atoms with Crippen molar-refractivity contribution in [1.29, 1.82) is 0 Å². The van der Waals surface area contributed by atoms with Gasteiger partial charge in [0, 0.05) is 19.3 Å². The van der Waals surface area contributed by atoms with Crippen LogP contribution in [-0.2, 0) is 13.1 Å². The first-order chi connectivity index (χ1) is 7.45. The highest BCUT2D eigenvalue weighted by molar-refractivity contribution is 5.14. The fourth-order valence-electron chi connectivity index (χ4n) is 1.36. The van der Waals surface area contributed by atoms with Crippen molar-refractivity contribution in [2.75, 3.05) is 0 Å². The van der Waals surface area contributed by atoms with Gasteiger partial charge in [-0.2, -0.15) is 10.2 Å². The second kappa shape index (κ2) is 5.22. The van der Waals surface area contributed by atoms with Gasteiger partial charge in [-0.05, 0) is 17.7 Å². The van der Waals surface area contributed by atoms with Crippen molar-refractivity contribution in [3.05, 3.63) is 59.9 Å². The molecule has 0 aliphatic heterocycles. The third-order valence-electron chi connectivity index (χ3n) is 2.11. The summed E-state index contributed by atoms with van der Waals surface area (Å²) >= 11 is 0. The zero-order valence-electron chi connectivity index (χ0n) is 8.43. The molecule has 76 valence electrons. The van der Waals surface area contributed by atoms with E-state index >= 15 is 0 Å². The van der Waals surface area contributed by atoms with Crippen molar-refractivity contribution in [1.82, 2.24) is 15.5 Å². The van der Waals surface area contributed by atoms with E-state index in [4.69, 9.17) is 0 Å². The summed E-state index contributed by atoms with van der Waals surface area (Å²) in [5, 5.41) is 11.1. The number of hydrogen-bond acceptors (Lipinski definition) is 3. The third-order valence-corrected chi connectivity index (χ3v) is 2.11. The fourth-order valence-corrected chi connectivity index (χ4v) is 1.36. The molecular weight excluding hydrogens is 186 g/mol. The molecule has 0 spiro atoms. The van der Waals surface area contributed by atoms with Crippen LogP contribution in [0.4, 0.5) is 0 Å². The molecule has 2 aromatic rings. The highest BCUT2D eigenvalue weighted by Crippen LogP contribution is 1.98. The molecule has 1 heterocycles. The molecule has 0 amide bonds. The zero-order chi connectivity index (χ0) is 10.3. The summed E-state index contributed by atoms with van der Waals surface area (Å²) in [4.78, 5) is 0. The molecule has 0 atom stereocenters. The first-order valence-electron chi connectivity index (χ1n) is 4.96. The molecule has 0 fully saturated rings. The lowest BCUT2D eigenvalue weighted by Crippen LogP contribution is -2.13. The molecule has 0 aliphatic rings. The SMILES string of the molecule is c1ccc(CNCc2cccnn2)cc1. The summed E-state index contributed by atoms with van der Waals surface area (Å²) in [6.07, 6.45) is 1.68. The largest absolute Gasteiger partial charge is 0.307 e. The summed E-state index contributed by atoms with van der Waals surface area (Å²) in [6, 6.07) is 14.2. The summed E-state index contributed by atoms with van der Waals surface area (Å²) in [5.41, 5.74) is 2.25. The van der Waals surface area contributed by atoms with Crippen molar-refractivity contribution in [3.63, 3.8) is 0 Å². The van der Waals surface area contributed by atoms with Gasteiger partial charge in [0.15, 0.2) is 0 Å². The summed E-state index contributed by atoms with van der Waals surface area (Å²) in [6.45, 7) is 1.61. The van der Waals surface area contributed by atoms with E-state index in [0.717, 1.165) is 18.8 Å². The molecule has 0 unspecified atom stereocenters. The van der Waals surface area contributed by atoms with E-state index in [1.54, 1.807) is 6.20 Å². The van der Waals surface area contributed by atoms with Crippen LogP contribution >= 0.6 is 0 Å². The van der Waals surface area contributed by atoms with Crippen LogP contribution in [0.25, 0.3) is 0 Å². The maximum Gasteiger partial charge on any atom is 0.0769 e. The lowest BCUT2D eigenvalue weighted by atomic mass is 10.2. The maximum absolute atomic E-state index is 4.00. The summed E-state index contributed by atoms with van der Waals surface area (Å²) in [7, 11) is 0. The second-order valence-electron chi connectivity index (χ2n) is 3.30. The summed E-state index contributed by atoms with van der Waals surface area (Å²) < 4.78 is 0. The first kappa shape index (κ1) is 9.80. The standard InChI is InChI=1S/C12H13N3/c1-2-5-11(6-3-1)9-13-10-12-7-4-8-14-15-12/h1-8,13H,9-10H2. The van der Waals surface area contributed by atoms with Gasteiger partial charge in [0.05, 0.1) is 5.69 Å². The molecule has 0 bridgehead atoms. The van der Waals surface area contributed by atoms with E-state index in [1.807, 2.05) is 30.3 Å². The van der Waals surface area contributed by atoms with Crippen LogP contribution < -0.4 is 5.32 Å². The Labute approximate surface area is 89.2 Å². The van der Waals surface area contributed by atoms with E-state index in [-0.39, 0.29) is 0 Å². The predicted molar refractivity (Wildman–Crippen MR) is 59.0 cm³/mol. The van der Waals surface area contributed by atoms with Gasteiger partial charge in [-0.15, -0.1) is 0 Å². The number of benzene rings is 1. The molecule has 1 aromatic carbocycles. The van der Waals surface area contributed by atoms with Gasteiger partial charge in [0.1, 0.15) is 0 Å². The molecule has 0 radical (unpaired) electrons. The Morgan fingerprint density at radius 1 is 0.933 bits per heavy atom. The van der Waals surface area contributed by atoms with Crippen LogP contribution in [0.15, 0.2) is 48.7 Å². The van der Waals surface area contributed by atoms with E-state index in [2.05, 4.69) is 27.6 Å². The van der Waals surface area contributed by atoms with Crippen LogP contribution in [0.2, 0.25) is 0 Å². The number of hydrogen-bond donors (Lipinski definition) is 1. The number of nitrogens with zero attached hydrogens (tertiary/aromatic N) is 2. The predicted octanol–water partition coefficient (Wildman–Crippen LogP) is 1.77. The molecule has 1 aromatic heterocycles. The number of aromatic nitrogens is 2. The van der Waals surface area contributed by atoms with E-state index < -0.39 is 0 Å². The monoisotopic (exact) mass is 199 g/mol. The average Bonchev–Trinajstić information content (AvgIpc) is 2.32. The molecule has 3 nitrogen and oxygen atoms in total.